The van der Waals surface area contributed by atoms with Gasteiger partial charge in [-0.1, -0.05) is 17.7 Å². The molecule has 2 aromatic rings. The van der Waals surface area contributed by atoms with Crippen LogP contribution < -0.4 is 14.8 Å². The van der Waals surface area contributed by atoms with E-state index in [9.17, 15) is 13.2 Å². The summed E-state index contributed by atoms with van der Waals surface area (Å²) >= 11 is 6.23. The number of amides is 1. The molecule has 172 valence electrons. The molecule has 4 rings (SSSR count). The Morgan fingerprint density at radius 3 is 2.44 bits per heavy atom. The van der Waals surface area contributed by atoms with Crippen molar-refractivity contribution < 1.29 is 22.7 Å². The second-order valence-corrected chi connectivity index (χ2v) is 10.3. The summed E-state index contributed by atoms with van der Waals surface area (Å²) < 4.78 is 38.8. The quantitative estimate of drug-likeness (QED) is 0.709. The van der Waals surface area contributed by atoms with Gasteiger partial charge in [-0.05, 0) is 49.9 Å². The Kier molecular flexibility index (Phi) is 6.62. The lowest BCUT2D eigenvalue weighted by Gasteiger charge is -2.31. The normalized spacial score (nSPS) is 18.2. The first-order valence-electron chi connectivity index (χ1n) is 10.4. The number of piperazine rings is 1. The van der Waals surface area contributed by atoms with E-state index in [-0.39, 0.29) is 27.4 Å². The summed E-state index contributed by atoms with van der Waals surface area (Å²) in [6, 6.07) is 9.52. The number of carbonyl (C=O) groups is 1. The molecule has 1 N–H and O–H groups in total. The highest BCUT2D eigenvalue weighted by atomic mass is 35.5. The average Bonchev–Trinajstić information content (AvgIpc) is 2.79. The number of hydrogen-bond donors (Lipinski definition) is 1. The van der Waals surface area contributed by atoms with Gasteiger partial charge in [0.1, 0.15) is 18.1 Å². The van der Waals surface area contributed by atoms with Crippen molar-refractivity contribution in [1.29, 1.82) is 0 Å². The molecule has 10 heteroatoms. The van der Waals surface area contributed by atoms with Crippen LogP contribution in [0.15, 0.2) is 41.3 Å². The van der Waals surface area contributed by atoms with Crippen LogP contribution in [0, 0.1) is 0 Å². The van der Waals surface area contributed by atoms with Crippen LogP contribution in [0.3, 0.4) is 0 Å². The zero-order valence-corrected chi connectivity index (χ0v) is 19.6. The number of carbonyl (C=O) groups excluding carboxylic acids is 1. The molecule has 8 nitrogen and oxygen atoms in total. The zero-order chi connectivity index (χ0) is 22.9. The Bertz CT molecular complexity index is 1120. The van der Waals surface area contributed by atoms with Gasteiger partial charge < -0.3 is 19.7 Å². The van der Waals surface area contributed by atoms with Crippen molar-refractivity contribution >= 4 is 27.5 Å². The van der Waals surface area contributed by atoms with Crippen LogP contribution >= 0.6 is 11.6 Å². The number of fused-ring (bicyclic) bond motifs is 1. The van der Waals surface area contributed by atoms with E-state index in [4.69, 9.17) is 21.1 Å². The minimum absolute atomic E-state index is 0.0525. The Morgan fingerprint density at radius 2 is 1.72 bits per heavy atom. The van der Waals surface area contributed by atoms with Gasteiger partial charge in [0.05, 0.1) is 11.1 Å². The highest BCUT2D eigenvalue weighted by Crippen LogP contribution is 2.33. The number of rotatable bonds is 5. The average molecular weight is 480 g/mol. The monoisotopic (exact) mass is 479 g/mol. The Hall–Kier alpha value is -2.33. The van der Waals surface area contributed by atoms with Crippen molar-refractivity contribution in [1.82, 2.24) is 14.5 Å². The van der Waals surface area contributed by atoms with Crippen LogP contribution in [0.1, 0.15) is 28.9 Å². The van der Waals surface area contributed by atoms with Crippen LogP contribution in [0.25, 0.3) is 0 Å². The maximum atomic E-state index is 13.1. The Balaban J connectivity index is 1.52. The number of likely N-dealkylation sites (N-methyl/N-ethyl adjacent to an activating group) is 1. The second-order valence-electron chi connectivity index (χ2n) is 7.95. The standard InChI is InChI=1S/C22H26ClN3O5S/c1-15(16-4-6-19-20(13-16)31-12-11-30-19)24-22(27)17-3-5-18(23)21(14-17)32(28,29)26-9-7-25(2)8-10-26/h3-6,13-15H,7-12H2,1-2H3,(H,24,27). The maximum Gasteiger partial charge on any atom is 0.251 e. The van der Waals surface area contributed by atoms with E-state index in [1.54, 1.807) is 0 Å². The molecule has 1 fully saturated rings. The number of nitrogens with zero attached hydrogens (tertiary/aromatic N) is 2. The third kappa shape index (κ3) is 4.71. The topological polar surface area (TPSA) is 88.2 Å². The summed E-state index contributed by atoms with van der Waals surface area (Å²) in [5.41, 5.74) is 1.08. The van der Waals surface area contributed by atoms with Gasteiger partial charge >= 0.3 is 0 Å². The van der Waals surface area contributed by atoms with Gasteiger partial charge in [0.2, 0.25) is 10.0 Å². The van der Waals surface area contributed by atoms with E-state index in [2.05, 4.69) is 10.2 Å². The number of nitrogens with one attached hydrogen (secondary N) is 1. The SMILES string of the molecule is CC(NC(=O)c1ccc(Cl)c(S(=O)(=O)N2CCN(C)CC2)c1)c1ccc2c(c1)OCCO2. The molecule has 1 saturated heterocycles. The number of hydrogen-bond acceptors (Lipinski definition) is 6. The first-order chi connectivity index (χ1) is 15.3. The van der Waals surface area contributed by atoms with Gasteiger partial charge in [-0.25, -0.2) is 8.42 Å². The number of halogens is 1. The lowest BCUT2D eigenvalue weighted by atomic mass is 10.1. The largest absolute Gasteiger partial charge is 0.486 e. The zero-order valence-electron chi connectivity index (χ0n) is 18.0. The van der Waals surface area contributed by atoms with Crippen molar-refractivity contribution in [2.75, 3.05) is 46.4 Å². The Labute approximate surface area is 193 Å². The molecule has 1 atom stereocenters. The van der Waals surface area contributed by atoms with E-state index in [1.807, 2.05) is 32.2 Å². The van der Waals surface area contributed by atoms with Crippen molar-refractivity contribution in [3.8, 4) is 11.5 Å². The minimum Gasteiger partial charge on any atom is -0.486 e. The van der Waals surface area contributed by atoms with E-state index < -0.39 is 10.0 Å². The molecule has 0 aliphatic carbocycles. The van der Waals surface area contributed by atoms with Crippen molar-refractivity contribution in [2.45, 2.75) is 17.9 Å². The highest BCUT2D eigenvalue weighted by Gasteiger charge is 2.30. The fourth-order valence-electron chi connectivity index (χ4n) is 3.70. The van der Waals surface area contributed by atoms with Crippen LogP contribution in [-0.2, 0) is 10.0 Å². The fourth-order valence-corrected chi connectivity index (χ4v) is 5.63. The molecule has 32 heavy (non-hydrogen) atoms. The predicted octanol–water partition coefficient (Wildman–Crippen LogP) is 2.54. The molecule has 0 aromatic heterocycles. The fraction of sp³-hybridized carbons (Fsp3) is 0.409. The lowest BCUT2D eigenvalue weighted by Crippen LogP contribution is -2.47. The molecular formula is C22H26ClN3O5S. The van der Waals surface area contributed by atoms with Crippen LogP contribution in [0.4, 0.5) is 0 Å². The lowest BCUT2D eigenvalue weighted by molar-refractivity contribution is 0.0939. The molecule has 2 aliphatic heterocycles. The smallest absolute Gasteiger partial charge is 0.251 e. The molecule has 1 unspecified atom stereocenters. The summed E-state index contributed by atoms with van der Waals surface area (Å²) in [4.78, 5) is 14.9. The van der Waals surface area contributed by atoms with Gasteiger partial charge in [-0.3, -0.25) is 4.79 Å². The number of sulfonamides is 1. The summed E-state index contributed by atoms with van der Waals surface area (Å²) in [6.45, 7) is 4.88. The predicted molar refractivity (Wildman–Crippen MR) is 121 cm³/mol. The first kappa shape index (κ1) is 22.8. The number of ether oxygens (including phenoxy) is 2. The van der Waals surface area contributed by atoms with Crippen molar-refractivity contribution in [3.05, 3.63) is 52.5 Å². The summed E-state index contributed by atoms with van der Waals surface area (Å²) in [5, 5.41) is 3.01. The van der Waals surface area contributed by atoms with Gasteiger partial charge in [-0.2, -0.15) is 4.31 Å². The van der Waals surface area contributed by atoms with Gasteiger partial charge in [0.15, 0.2) is 11.5 Å². The molecule has 2 heterocycles. The third-order valence-corrected chi connectivity index (χ3v) is 8.07. The van der Waals surface area contributed by atoms with Crippen LogP contribution in [0.2, 0.25) is 5.02 Å². The molecule has 2 aliphatic rings. The molecule has 0 radical (unpaired) electrons. The van der Waals surface area contributed by atoms with Gasteiger partial charge in [0, 0.05) is 31.7 Å². The number of benzene rings is 2. The Morgan fingerprint density at radius 1 is 1.03 bits per heavy atom. The van der Waals surface area contributed by atoms with Crippen LogP contribution in [-0.4, -0.2) is 70.0 Å². The van der Waals surface area contributed by atoms with Crippen LogP contribution in [0.5, 0.6) is 11.5 Å². The third-order valence-electron chi connectivity index (χ3n) is 5.69. The maximum absolute atomic E-state index is 13.1. The van der Waals surface area contributed by atoms with Crippen molar-refractivity contribution in [2.24, 2.45) is 0 Å². The molecule has 1 amide bonds. The summed E-state index contributed by atoms with van der Waals surface area (Å²) in [6.07, 6.45) is 0. The van der Waals surface area contributed by atoms with E-state index in [1.165, 1.54) is 22.5 Å². The van der Waals surface area contributed by atoms with E-state index in [0.717, 1.165) is 5.56 Å². The highest BCUT2D eigenvalue weighted by molar-refractivity contribution is 7.89. The van der Waals surface area contributed by atoms with Gasteiger partial charge in [-0.15, -0.1) is 0 Å². The minimum atomic E-state index is -3.80. The van der Waals surface area contributed by atoms with E-state index in [0.29, 0.717) is 50.9 Å². The first-order valence-corrected chi connectivity index (χ1v) is 12.3. The molecule has 0 saturated carbocycles. The second kappa shape index (κ2) is 9.27. The van der Waals surface area contributed by atoms with Crippen molar-refractivity contribution in [3.63, 3.8) is 0 Å². The molecular weight excluding hydrogens is 454 g/mol. The van der Waals surface area contributed by atoms with Gasteiger partial charge in [0.25, 0.3) is 5.91 Å². The molecule has 0 bridgehead atoms. The molecule has 2 aromatic carbocycles. The summed E-state index contributed by atoms with van der Waals surface area (Å²) in [5.74, 6) is 0.927. The summed E-state index contributed by atoms with van der Waals surface area (Å²) in [7, 11) is -1.85. The molecule has 0 spiro atoms. The van der Waals surface area contributed by atoms with E-state index >= 15 is 0 Å².